The lowest BCUT2D eigenvalue weighted by molar-refractivity contribution is 0.0696. The van der Waals surface area contributed by atoms with Gasteiger partial charge in [-0.1, -0.05) is 30.3 Å². The van der Waals surface area contributed by atoms with E-state index in [0.717, 1.165) is 29.2 Å². The predicted octanol–water partition coefficient (Wildman–Crippen LogP) is 5.04. The van der Waals surface area contributed by atoms with Crippen LogP contribution in [0.15, 0.2) is 59.0 Å². The average molecular weight is 472 g/mol. The zero-order valence-corrected chi connectivity index (χ0v) is 19.4. The van der Waals surface area contributed by atoms with Crippen LogP contribution in [0.2, 0.25) is 0 Å². The lowest BCUT2D eigenvalue weighted by Gasteiger charge is -2.32. The number of carbonyl (C=O) groups is 1. The standard InChI is InChI=1S/C27H25N3O5/c1-2-32-22-12-9-17-6-3-4-8-20(17)24(22)27(31)30-13-5-7-19(15-30)26-29-28-25(35-26)18-10-11-21-23(14-18)34-16-33-21/h3-4,6,8-12,14,19H,2,5,7,13,15-16H2,1H3. The Bertz CT molecular complexity index is 1400. The van der Waals surface area contributed by atoms with Gasteiger partial charge in [-0.3, -0.25) is 4.79 Å². The van der Waals surface area contributed by atoms with Gasteiger partial charge >= 0.3 is 0 Å². The number of amides is 1. The van der Waals surface area contributed by atoms with Crippen LogP contribution >= 0.6 is 0 Å². The number of fused-ring (bicyclic) bond motifs is 2. The quantitative estimate of drug-likeness (QED) is 0.403. The first kappa shape index (κ1) is 21.5. The number of piperidine rings is 1. The molecule has 0 N–H and O–H groups in total. The normalized spacial score (nSPS) is 17.1. The van der Waals surface area contributed by atoms with Crippen molar-refractivity contribution in [1.82, 2.24) is 15.1 Å². The summed E-state index contributed by atoms with van der Waals surface area (Å²) in [5.74, 6) is 2.87. The zero-order valence-electron chi connectivity index (χ0n) is 19.4. The molecule has 6 rings (SSSR count). The first-order chi connectivity index (χ1) is 17.2. The molecule has 0 radical (unpaired) electrons. The van der Waals surface area contributed by atoms with Gasteiger partial charge in [0.05, 0.1) is 18.1 Å². The minimum atomic E-state index is -0.0366. The highest BCUT2D eigenvalue weighted by molar-refractivity contribution is 6.09. The third-order valence-electron chi connectivity index (χ3n) is 6.52. The molecular weight excluding hydrogens is 446 g/mol. The summed E-state index contributed by atoms with van der Waals surface area (Å²) < 4.78 is 22.7. The van der Waals surface area contributed by atoms with E-state index in [1.807, 2.05) is 66.4 Å². The molecule has 178 valence electrons. The van der Waals surface area contributed by atoms with Gasteiger partial charge in [-0.2, -0.15) is 0 Å². The molecule has 4 aromatic rings. The van der Waals surface area contributed by atoms with E-state index in [2.05, 4.69) is 10.2 Å². The number of rotatable bonds is 5. The highest BCUT2D eigenvalue weighted by atomic mass is 16.7. The molecule has 2 aliphatic heterocycles. The molecule has 0 aliphatic carbocycles. The number of hydrogen-bond acceptors (Lipinski definition) is 7. The van der Waals surface area contributed by atoms with Crippen LogP contribution in [-0.2, 0) is 0 Å². The summed E-state index contributed by atoms with van der Waals surface area (Å²) in [4.78, 5) is 15.7. The minimum Gasteiger partial charge on any atom is -0.493 e. The largest absolute Gasteiger partial charge is 0.493 e. The molecule has 8 nitrogen and oxygen atoms in total. The van der Waals surface area contributed by atoms with Crippen molar-refractivity contribution in [3.63, 3.8) is 0 Å². The number of hydrogen-bond donors (Lipinski definition) is 0. The molecule has 0 spiro atoms. The second kappa shape index (κ2) is 8.94. The first-order valence-electron chi connectivity index (χ1n) is 11.9. The summed E-state index contributed by atoms with van der Waals surface area (Å²) in [7, 11) is 0. The molecule has 35 heavy (non-hydrogen) atoms. The number of nitrogens with zero attached hydrogens (tertiary/aromatic N) is 3. The molecule has 3 aromatic carbocycles. The number of ether oxygens (including phenoxy) is 3. The SMILES string of the molecule is CCOc1ccc2ccccc2c1C(=O)N1CCCC(c2nnc(-c3ccc4c(c3)OCO4)o2)C1. The highest BCUT2D eigenvalue weighted by Crippen LogP contribution is 2.37. The van der Waals surface area contributed by atoms with E-state index in [-0.39, 0.29) is 18.6 Å². The summed E-state index contributed by atoms with van der Waals surface area (Å²) in [6.45, 7) is 3.81. The first-order valence-corrected chi connectivity index (χ1v) is 11.9. The second-order valence-electron chi connectivity index (χ2n) is 8.70. The summed E-state index contributed by atoms with van der Waals surface area (Å²) in [5, 5.41) is 10.5. The molecule has 1 fully saturated rings. The van der Waals surface area contributed by atoms with E-state index < -0.39 is 0 Å². The van der Waals surface area contributed by atoms with Crippen LogP contribution in [0.1, 0.15) is 41.9 Å². The molecule has 0 bridgehead atoms. The maximum Gasteiger partial charge on any atom is 0.258 e. The van der Waals surface area contributed by atoms with E-state index in [4.69, 9.17) is 18.6 Å². The molecular formula is C27H25N3O5. The molecule has 1 aromatic heterocycles. The Morgan fingerprint density at radius 2 is 1.97 bits per heavy atom. The van der Waals surface area contributed by atoms with E-state index in [0.29, 0.717) is 54.3 Å². The van der Waals surface area contributed by atoms with Gasteiger partial charge in [-0.05, 0) is 54.8 Å². The van der Waals surface area contributed by atoms with E-state index in [1.54, 1.807) is 0 Å². The lowest BCUT2D eigenvalue weighted by atomic mass is 9.96. The van der Waals surface area contributed by atoms with Gasteiger partial charge in [0.15, 0.2) is 11.5 Å². The third kappa shape index (κ3) is 3.95. The maximum absolute atomic E-state index is 13.8. The van der Waals surface area contributed by atoms with Crippen molar-refractivity contribution < 1.29 is 23.4 Å². The van der Waals surface area contributed by atoms with Crippen LogP contribution in [0.25, 0.3) is 22.2 Å². The fourth-order valence-electron chi connectivity index (χ4n) is 4.81. The minimum absolute atomic E-state index is 0.0338. The van der Waals surface area contributed by atoms with Crippen LogP contribution in [0, 0.1) is 0 Å². The number of benzene rings is 3. The Labute approximate surface area is 202 Å². The van der Waals surface area contributed by atoms with Gasteiger partial charge in [0.2, 0.25) is 18.6 Å². The van der Waals surface area contributed by atoms with Crippen molar-refractivity contribution >= 4 is 16.7 Å². The van der Waals surface area contributed by atoms with E-state index >= 15 is 0 Å². The molecule has 2 aliphatic rings. The molecule has 1 saturated heterocycles. The Kier molecular flexibility index (Phi) is 5.48. The van der Waals surface area contributed by atoms with Crippen LogP contribution < -0.4 is 14.2 Å². The van der Waals surface area contributed by atoms with Crippen molar-refractivity contribution in [2.75, 3.05) is 26.5 Å². The van der Waals surface area contributed by atoms with Gasteiger partial charge in [-0.25, -0.2) is 0 Å². The van der Waals surface area contributed by atoms with Crippen molar-refractivity contribution in [2.24, 2.45) is 0 Å². The summed E-state index contributed by atoms with van der Waals surface area (Å²) >= 11 is 0. The smallest absolute Gasteiger partial charge is 0.258 e. The van der Waals surface area contributed by atoms with Crippen molar-refractivity contribution in [3.05, 3.63) is 66.1 Å². The molecule has 1 unspecified atom stereocenters. The Morgan fingerprint density at radius 1 is 1.09 bits per heavy atom. The third-order valence-corrected chi connectivity index (χ3v) is 6.52. The second-order valence-corrected chi connectivity index (χ2v) is 8.70. The van der Waals surface area contributed by atoms with Gasteiger partial charge in [-0.15, -0.1) is 10.2 Å². The van der Waals surface area contributed by atoms with Crippen molar-refractivity contribution in [1.29, 1.82) is 0 Å². The van der Waals surface area contributed by atoms with E-state index in [9.17, 15) is 4.79 Å². The topological polar surface area (TPSA) is 86.9 Å². The molecule has 0 saturated carbocycles. The van der Waals surface area contributed by atoms with Crippen LogP contribution in [0.5, 0.6) is 17.2 Å². The Hall–Kier alpha value is -4.07. The zero-order chi connectivity index (χ0) is 23.8. The van der Waals surface area contributed by atoms with Gasteiger partial charge in [0.25, 0.3) is 5.91 Å². The number of likely N-dealkylation sites (tertiary alicyclic amines) is 1. The maximum atomic E-state index is 13.8. The van der Waals surface area contributed by atoms with Crippen LogP contribution in [0.4, 0.5) is 0 Å². The lowest BCUT2D eigenvalue weighted by Crippen LogP contribution is -2.39. The summed E-state index contributed by atoms with van der Waals surface area (Å²) in [6, 6.07) is 17.3. The molecule has 8 heteroatoms. The fourth-order valence-corrected chi connectivity index (χ4v) is 4.81. The Morgan fingerprint density at radius 3 is 2.89 bits per heavy atom. The molecule has 3 heterocycles. The van der Waals surface area contributed by atoms with Crippen LogP contribution in [-0.4, -0.2) is 47.5 Å². The van der Waals surface area contributed by atoms with Crippen LogP contribution in [0.3, 0.4) is 0 Å². The summed E-state index contributed by atoms with van der Waals surface area (Å²) in [6.07, 6.45) is 1.73. The molecule has 1 atom stereocenters. The predicted molar refractivity (Wildman–Crippen MR) is 129 cm³/mol. The number of carbonyl (C=O) groups excluding carboxylic acids is 1. The van der Waals surface area contributed by atoms with Gasteiger partial charge in [0, 0.05) is 18.7 Å². The average Bonchev–Trinajstić information content (AvgIpc) is 3.58. The molecule has 1 amide bonds. The number of aromatic nitrogens is 2. The van der Waals surface area contributed by atoms with Crippen molar-refractivity contribution in [2.45, 2.75) is 25.7 Å². The fraction of sp³-hybridized carbons (Fsp3) is 0.296. The highest BCUT2D eigenvalue weighted by Gasteiger charge is 2.31. The van der Waals surface area contributed by atoms with E-state index in [1.165, 1.54) is 0 Å². The monoisotopic (exact) mass is 471 g/mol. The van der Waals surface area contributed by atoms with Crippen molar-refractivity contribution in [3.8, 4) is 28.7 Å². The van der Waals surface area contributed by atoms with Gasteiger partial charge in [0.1, 0.15) is 5.75 Å². The summed E-state index contributed by atoms with van der Waals surface area (Å²) in [5.41, 5.74) is 1.38. The van der Waals surface area contributed by atoms with Gasteiger partial charge < -0.3 is 23.5 Å². The Balaban J connectivity index is 1.26.